The molecule has 4 atom stereocenters. The molecular weight excluding hydrogens is 410 g/mol. The van der Waals surface area contributed by atoms with E-state index in [1.54, 1.807) is 18.2 Å². The van der Waals surface area contributed by atoms with Gasteiger partial charge in [0.1, 0.15) is 24.1 Å². The van der Waals surface area contributed by atoms with Gasteiger partial charge in [0.05, 0.1) is 12.9 Å². The van der Waals surface area contributed by atoms with Crippen molar-refractivity contribution in [3.8, 4) is 5.75 Å². The van der Waals surface area contributed by atoms with Crippen LogP contribution in [-0.2, 0) is 9.53 Å². The number of aryl methyl sites for hydroxylation is 1. The maximum Gasteiger partial charge on any atom is 0.280 e. The lowest BCUT2D eigenvalue weighted by Crippen LogP contribution is -2.33. The van der Waals surface area contributed by atoms with Gasteiger partial charge in [-0.2, -0.15) is 4.98 Å². The summed E-state index contributed by atoms with van der Waals surface area (Å²) < 4.78 is 12.1. The Labute approximate surface area is 175 Å². The molecule has 12 heteroatoms. The number of rotatable bonds is 6. The van der Waals surface area contributed by atoms with E-state index in [2.05, 4.69) is 20.3 Å². The molecule has 0 saturated carbocycles. The Kier molecular flexibility index (Phi) is 5.69. The number of carbonyl (C=O) groups excluding carboxylic acids is 1. The molecule has 1 aliphatic heterocycles. The van der Waals surface area contributed by atoms with Crippen molar-refractivity contribution < 1.29 is 29.6 Å². The van der Waals surface area contributed by atoms with Crippen molar-refractivity contribution in [2.24, 2.45) is 0 Å². The highest BCUT2D eigenvalue weighted by Gasteiger charge is 2.44. The lowest BCUT2D eigenvalue weighted by Gasteiger charge is -2.16. The highest BCUT2D eigenvalue weighted by molar-refractivity contribution is 5.90. The van der Waals surface area contributed by atoms with E-state index < -0.39 is 42.6 Å². The van der Waals surface area contributed by atoms with Crippen LogP contribution >= 0.6 is 0 Å². The predicted octanol–water partition coefficient (Wildman–Crippen LogP) is -0.943. The summed E-state index contributed by atoms with van der Waals surface area (Å²) in [5.41, 5.74) is 0.332. The summed E-state index contributed by atoms with van der Waals surface area (Å²) in [6.07, 6.45) is -3.61. The summed E-state index contributed by atoms with van der Waals surface area (Å²) in [4.78, 5) is 35.1. The van der Waals surface area contributed by atoms with Crippen LogP contribution in [0.1, 0.15) is 11.8 Å². The lowest BCUT2D eigenvalue weighted by atomic mass is 10.1. The molecule has 1 aliphatic rings. The molecule has 164 valence electrons. The summed E-state index contributed by atoms with van der Waals surface area (Å²) in [6.45, 7) is 1.09. The van der Waals surface area contributed by atoms with E-state index in [1.807, 2.05) is 13.0 Å². The smallest absolute Gasteiger partial charge is 0.280 e. The Balaban J connectivity index is 1.54. The third kappa shape index (κ3) is 4.14. The molecule has 1 fully saturated rings. The first-order valence-corrected chi connectivity index (χ1v) is 9.46. The fourth-order valence-electron chi connectivity index (χ4n) is 3.30. The Bertz CT molecular complexity index is 1160. The van der Waals surface area contributed by atoms with Crippen LogP contribution in [0.25, 0.3) is 11.2 Å². The number of ether oxygens (including phenoxy) is 2. The number of H-pyrrole nitrogens is 1. The summed E-state index contributed by atoms with van der Waals surface area (Å²) in [5, 5.41) is 31.9. The molecule has 0 unspecified atom stereocenters. The van der Waals surface area contributed by atoms with Gasteiger partial charge in [0, 0.05) is 0 Å². The molecule has 3 heterocycles. The predicted molar refractivity (Wildman–Crippen MR) is 106 cm³/mol. The third-order valence-electron chi connectivity index (χ3n) is 4.84. The average Bonchev–Trinajstić information content (AvgIpc) is 3.28. The second-order valence-corrected chi connectivity index (χ2v) is 7.12. The maximum absolute atomic E-state index is 12.3. The van der Waals surface area contributed by atoms with E-state index in [0.29, 0.717) is 5.75 Å². The van der Waals surface area contributed by atoms with Crippen molar-refractivity contribution in [3.05, 3.63) is 46.5 Å². The van der Waals surface area contributed by atoms with Gasteiger partial charge in [0.15, 0.2) is 24.0 Å². The van der Waals surface area contributed by atoms with Gasteiger partial charge >= 0.3 is 0 Å². The van der Waals surface area contributed by atoms with E-state index in [4.69, 9.17) is 9.47 Å². The van der Waals surface area contributed by atoms with Crippen LogP contribution in [0.4, 0.5) is 5.95 Å². The minimum absolute atomic E-state index is 0.0218. The number of hydrogen-bond donors (Lipinski definition) is 5. The minimum Gasteiger partial charge on any atom is -0.484 e. The molecule has 0 aliphatic carbocycles. The molecule has 12 nitrogen and oxygen atoms in total. The van der Waals surface area contributed by atoms with Gasteiger partial charge < -0.3 is 24.8 Å². The Morgan fingerprint density at radius 2 is 2.16 bits per heavy atom. The van der Waals surface area contributed by atoms with E-state index in [-0.39, 0.29) is 23.7 Å². The number of fused-ring (bicyclic) bond motifs is 1. The number of aliphatic hydroxyl groups is 3. The Morgan fingerprint density at radius 3 is 2.87 bits per heavy atom. The van der Waals surface area contributed by atoms with Crippen LogP contribution in [0.5, 0.6) is 5.75 Å². The van der Waals surface area contributed by atoms with Crippen molar-refractivity contribution in [1.29, 1.82) is 0 Å². The topological polar surface area (TPSA) is 172 Å². The van der Waals surface area contributed by atoms with E-state index in [0.717, 1.165) is 5.56 Å². The van der Waals surface area contributed by atoms with E-state index in [1.165, 1.54) is 10.9 Å². The van der Waals surface area contributed by atoms with E-state index >= 15 is 0 Å². The summed E-state index contributed by atoms with van der Waals surface area (Å²) in [5.74, 6) is -0.179. The second kappa shape index (κ2) is 8.43. The minimum atomic E-state index is -1.38. The normalized spacial score (nSPS) is 23.2. The van der Waals surface area contributed by atoms with Gasteiger partial charge in [0.25, 0.3) is 11.5 Å². The summed E-state index contributed by atoms with van der Waals surface area (Å²) in [7, 11) is 0. The lowest BCUT2D eigenvalue weighted by molar-refractivity contribution is -0.118. The Hall–Kier alpha value is -3.32. The molecule has 0 bridgehead atoms. The number of aromatic amines is 1. The average molecular weight is 431 g/mol. The number of aliphatic hydroxyl groups excluding tert-OH is 3. The molecule has 5 N–H and O–H groups in total. The number of carbonyl (C=O) groups is 1. The van der Waals surface area contributed by atoms with Crippen LogP contribution in [0.15, 0.2) is 35.4 Å². The molecule has 4 rings (SSSR count). The van der Waals surface area contributed by atoms with Crippen molar-refractivity contribution >= 4 is 23.0 Å². The highest BCUT2D eigenvalue weighted by Crippen LogP contribution is 2.30. The molecular formula is C19H21N5O7. The number of amides is 1. The molecule has 2 aromatic heterocycles. The molecule has 1 saturated heterocycles. The number of nitrogens with one attached hydrogen (secondary N) is 2. The van der Waals surface area contributed by atoms with Crippen LogP contribution < -0.4 is 15.6 Å². The van der Waals surface area contributed by atoms with Crippen LogP contribution in [0, 0.1) is 6.92 Å². The zero-order chi connectivity index (χ0) is 22.1. The van der Waals surface area contributed by atoms with Gasteiger partial charge in [-0.1, -0.05) is 12.1 Å². The quantitative estimate of drug-likeness (QED) is 0.330. The number of nitrogens with zero attached hydrogens (tertiary/aromatic N) is 3. The third-order valence-corrected chi connectivity index (χ3v) is 4.84. The first-order valence-electron chi connectivity index (χ1n) is 9.46. The fraction of sp³-hybridized carbons (Fsp3) is 0.368. The number of aromatic nitrogens is 4. The highest BCUT2D eigenvalue weighted by atomic mass is 16.6. The summed E-state index contributed by atoms with van der Waals surface area (Å²) in [6, 6.07) is 7.19. The van der Waals surface area contributed by atoms with Gasteiger partial charge in [-0.05, 0) is 24.6 Å². The van der Waals surface area contributed by atoms with Crippen molar-refractivity contribution in [2.75, 3.05) is 18.5 Å². The second-order valence-electron chi connectivity index (χ2n) is 7.12. The van der Waals surface area contributed by atoms with Gasteiger partial charge in [-0.15, -0.1) is 0 Å². The van der Waals surface area contributed by atoms with Gasteiger partial charge in [-0.25, -0.2) is 4.98 Å². The first kappa shape index (κ1) is 20.9. The monoisotopic (exact) mass is 431 g/mol. The number of benzene rings is 1. The molecule has 1 aromatic carbocycles. The molecule has 31 heavy (non-hydrogen) atoms. The Morgan fingerprint density at radius 1 is 1.35 bits per heavy atom. The number of anilines is 1. The van der Waals surface area contributed by atoms with Crippen LogP contribution in [0.2, 0.25) is 0 Å². The van der Waals surface area contributed by atoms with E-state index in [9.17, 15) is 24.9 Å². The zero-order valence-electron chi connectivity index (χ0n) is 16.4. The van der Waals surface area contributed by atoms with Gasteiger partial charge in [-0.3, -0.25) is 24.5 Å². The molecule has 0 spiro atoms. The van der Waals surface area contributed by atoms with Crippen molar-refractivity contribution in [3.63, 3.8) is 0 Å². The van der Waals surface area contributed by atoms with Crippen molar-refractivity contribution in [1.82, 2.24) is 19.5 Å². The SMILES string of the molecule is Cc1cccc(OCC(=O)Nc2nc3c(ncn3[C@H]3O[C@H](CO)[C@@H](O)[C@@H]3O)c(=O)[nH]2)c1. The zero-order valence-corrected chi connectivity index (χ0v) is 16.4. The standard InChI is InChI=1S/C19H21N5O7/c1-9-3-2-4-10(5-9)30-7-12(26)21-19-22-16-13(17(29)23-19)20-8-24(16)18-15(28)14(27)11(6-25)31-18/h2-5,8,11,14-15,18,25,27-28H,6-7H2,1H3,(H2,21,22,23,26,29)/t11-,14-,15+,18+/m1/s1. The number of imidazole rings is 1. The van der Waals surface area contributed by atoms with Crippen LogP contribution in [0.3, 0.4) is 0 Å². The molecule has 1 amide bonds. The van der Waals surface area contributed by atoms with Crippen molar-refractivity contribution in [2.45, 2.75) is 31.5 Å². The number of hydrogen-bond acceptors (Lipinski definition) is 9. The van der Waals surface area contributed by atoms with Gasteiger partial charge in [0.2, 0.25) is 5.95 Å². The molecule has 0 radical (unpaired) electrons. The largest absolute Gasteiger partial charge is 0.484 e. The fourth-order valence-corrected chi connectivity index (χ4v) is 3.30. The van der Waals surface area contributed by atoms with Crippen LogP contribution in [-0.4, -0.2) is 72.3 Å². The molecule has 3 aromatic rings. The summed E-state index contributed by atoms with van der Waals surface area (Å²) >= 11 is 0. The maximum atomic E-state index is 12.3. The first-order chi connectivity index (χ1) is 14.9.